The molecule has 0 amide bonds. The molecule has 1 rings (SSSR count). The molecule has 1 heterocycles. The van der Waals surface area contributed by atoms with Crippen molar-refractivity contribution in [1.29, 1.82) is 0 Å². The van der Waals surface area contributed by atoms with Crippen LogP contribution in [0.1, 0.15) is 48.0 Å². The summed E-state index contributed by atoms with van der Waals surface area (Å²) in [5.74, 6) is -0.357. The molecule has 0 bridgehead atoms. The average molecular weight is 297 g/mol. The quantitative estimate of drug-likeness (QED) is 0.636. The van der Waals surface area contributed by atoms with Crippen molar-refractivity contribution >= 4 is 5.97 Å². The molecule has 1 aliphatic rings. The lowest BCUT2D eigenvalue weighted by atomic mass is 10.0. The van der Waals surface area contributed by atoms with E-state index >= 15 is 0 Å². The Balaban J connectivity index is 2.67. The third-order valence-electron chi connectivity index (χ3n) is 3.83. The molecule has 122 valence electrons. The molecule has 5 heteroatoms. The Labute approximate surface area is 129 Å². The maximum atomic E-state index is 11.1. The molecule has 1 saturated heterocycles. The second-order valence-corrected chi connectivity index (χ2v) is 7.53. The second-order valence-electron chi connectivity index (χ2n) is 7.53. The molecular weight excluding hydrogens is 266 g/mol. The molecule has 1 unspecified atom stereocenters. The van der Waals surface area contributed by atoms with Crippen molar-refractivity contribution in [2.45, 2.75) is 65.2 Å². The van der Waals surface area contributed by atoms with Gasteiger partial charge in [-0.25, -0.2) is 4.79 Å². The molecule has 0 aromatic rings. The van der Waals surface area contributed by atoms with Crippen LogP contribution in [0.5, 0.6) is 0 Å². The summed E-state index contributed by atoms with van der Waals surface area (Å²) in [7, 11) is 0. The summed E-state index contributed by atoms with van der Waals surface area (Å²) >= 11 is 0. The van der Waals surface area contributed by atoms with E-state index in [-0.39, 0.29) is 23.2 Å². The summed E-state index contributed by atoms with van der Waals surface area (Å²) in [5, 5.41) is 3.56. The molecule has 0 aromatic heterocycles. The zero-order valence-electron chi connectivity index (χ0n) is 14.4. The van der Waals surface area contributed by atoms with Gasteiger partial charge in [0.05, 0.1) is 26.1 Å². The van der Waals surface area contributed by atoms with Crippen molar-refractivity contribution in [3.63, 3.8) is 0 Å². The lowest BCUT2D eigenvalue weighted by Gasteiger charge is -2.52. The predicted molar refractivity (Wildman–Crippen MR) is 85.6 cm³/mol. The van der Waals surface area contributed by atoms with Gasteiger partial charge in [0.15, 0.2) is 0 Å². The average Bonchev–Trinajstić information content (AvgIpc) is 2.36. The van der Waals surface area contributed by atoms with Gasteiger partial charge in [0.2, 0.25) is 0 Å². The van der Waals surface area contributed by atoms with E-state index in [1.165, 1.54) is 6.08 Å². The first-order chi connectivity index (χ1) is 9.55. The first-order valence-corrected chi connectivity index (χ1v) is 7.60. The fraction of sp³-hybridized carbons (Fsp3) is 0.812. The van der Waals surface area contributed by atoms with Gasteiger partial charge in [-0.05, 0) is 41.5 Å². The maximum Gasteiger partial charge on any atom is 0.330 e. The highest BCUT2D eigenvalue weighted by Crippen LogP contribution is 2.24. The van der Waals surface area contributed by atoms with E-state index in [1.54, 1.807) is 0 Å². The number of nitrogens with one attached hydrogen (secondary N) is 1. The molecule has 1 atom stereocenters. The van der Waals surface area contributed by atoms with Crippen LogP contribution in [0.15, 0.2) is 12.7 Å². The lowest BCUT2D eigenvalue weighted by Crippen LogP contribution is -2.67. The molecule has 1 aliphatic heterocycles. The van der Waals surface area contributed by atoms with Crippen LogP contribution < -0.4 is 5.32 Å². The first kappa shape index (κ1) is 18.1. The molecule has 1 N–H and O–H groups in total. The van der Waals surface area contributed by atoms with Gasteiger partial charge in [-0.3, -0.25) is 15.1 Å². The number of carbonyl (C=O) groups is 1. The number of hydrogen-bond donors (Lipinski definition) is 1. The molecule has 21 heavy (non-hydrogen) atoms. The third-order valence-corrected chi connectivity index (χ3v) is 3.83. The largest absolute Gasteiger partial charge is 0.462 e. The Bertz CT molecular complexity index is 369. The summed E-state index contributed by atoms with van der Waals surface area (Å²) in [6.07, 6.45) is 2.19. The van der Waals surface area contributed by atoms with Gasteiger partial charge >= 0.3 is 5.97 Å². The molecular formula is C16H31N3O2. The Hall–Kier alpha value is -0.910. The number of ether oxygens (including phenoxy) is 1. The SMILES string of the molecule is C=CC(=O)OCCC1NCN(C(C)(C)C)CN1C(C)(C)C. The van der Waals surface area contributed by atoms with Crippen LogP contribution >= 0.6 is 0 Å². The molecule has 1 fully saturated rings. The summed E-state index contributed by atoms with van der Waals surface area (Å²) < 4.78 is 5.11. The van der Waals surface area contributed by atoms with Gasteiger partial charge in [-0.1, -0.05) is 6.58 Å². The number of nitrogens with zero attached hydrogens (tertiary/aromatic N) is 2. The van der Waals surface area contributed by atoms with Gasteiger partial charge < -0.3 is 4.74 Å². The Morgan fingerprint density at radius 1 is 1.29 bits per heavy atom. The normalized spacial score (nSPS) is 22.1. The third kappa shape index (κ3) is 5.41. The summed E-state index contributed by atoms with van der Waals surface area (Å²) in [6, 6.07) is 0. The minimum absolute atomic E-state index is 0.0457. The fourth-order valence-corrected chi connectivity index (χ4v) is 2.38. The fourth-order valence-electron chi connectivity index (χ4n) is 2.38. The van der Waals surface area contributed by atoms with E-state index in [2.05, 4.69) is 63.2 Å². The Morgan fingerprint density at radius 2 is 1.90 bits per heavy atom. The van der Waals surface area contributed by atoms with Crippen molar-refractivity contribution in [2.24, 2.45) is 0 Å². The number of carbonyl (C=O) groups excluding carboxylic acids is 1. The number of hydrogen-bond acceptors (Lipinski definition) is 5. The number of esters is 1. The van der Waals surface area contributed by atoms with Crippen molar-refractivity contribution < 1.29 is 9.53 Å². The Kier molecular flexibility index (Phi) is 5.96. The van der Waals surface area contributed by atoms with Gasteiger partial charge in [0, 0.05) is 23.6 Å². The molecule has 0 saturated carbocycles. The highest BCUT2D eigenvalue weighted by Gasteiger charge is 2.36. The van der Waals surface area contributed by atoms with Crippen LogP contribution in [0.3, 0.4) is 0 Å². The van der Waals surface area contributed by atoms with Crippen LogP contribution in [0, 0.1) is 0 Å². The summed E-state index contributed by atoms with van der Waals surface area (Å²) in [5.41, 5.74) is 0.167. The topological polar surface area (TPSA) is 44.8 Å². The van der Waals surface area contributed by atoms with E-state index in [0.29, 0.717) is 6.61 Å². The summed E-state index contributed by atoms with van der Waals surface area (Å²) in [6.45, 7) is 18.9. The minimum atomic E-state index is -0.357. The van der Waals surface area contributed by atoms with E-state index in [9.17, 15) is 4.79 Å². The highest BCUT2D eigenvalue weighted by atomic mass is 16.5. The number of rotatable bonds is 4. The van der Waals surface area contributed by atoms with Crippen LogP contribution in [0.25, 0.3) is 0 Å². The zero-order valence-corrected chi connectivity index (χ0v) is 14.4. The smallest absolute Gasteiger partial charge is 0.330 e. The van der Waals surface area contributed by atoms with Crippen LogP contribution in [0.2, 0.25) is 0 Å². The zero-order chi connectivity index (χ0) is 16.3. The van der Waals surface area contributed by atoms with Crippen molar-refractivity contribution in [1.82, 2.24) is 15.1 Å². The van der Waals surface area contributed by atoms with Crippen molar-refractivity contribution in [3.05, 3.63) is 12.7 Å². The summed E-state index contributed by atoms with van der Waals surface area (Å²) in [4.78, 5) is 16.0. The molecule has 0 spiro atoms. The highest BCUT2D eigenvalue weighted by molar-refractivity contribution is 5.81. The monoisotopic (exact) mass is 297 g/mol. The molecule has 0 aliphatic carbocycles. The van der Waals surface area contributed by atoms with Crippen LogP contribution in [0.4, 0.5) is 0 Å². The van der Waals surface area contributed by atoms with Gasteiger partial charge in [0.25, 0.3) is 0 Å². The minimum Gasteiger partial charge on any atom is -0.462 e. The molecule has 5 nitrogen and oxygen atoms in total. The van der Waals surface area contributed by atoms with Crippen molar-refractivity contribution in [2.75, 3.05) is 19.9 Å². The van der Waals surface area contributed by atoms with Gasteiger partial charge in [-0.15, -0.1) is 0 Å². The van der Waals surface area contributed by atoms with Crippen LogP contribution in [-0.4, -0.2) is 53.0 Å². The predicted octanol–water partition coefficient (Wildman–Crippen LogP) is 2.15. The van der Waals surface area contributed by atoms with Crippen LogP contribution in [-0.2, 0) is 9.53 Å². The van der Waals surface area contributed by atoms with Gasteiger partial charge in [-0.2, -0.15) is 0 Å². The standard InChI is InChI=1S/C16H31N3O2/c1-8-14(20)21-10-9-13-17-11-18(15(2,3)4)12-19(13)16(5,6)7/h8,13,17H,1,9-12H2,2-7H3. The first-order valence-electron chi connectivity index (χ1n) is 7.60. The van der Waals surface area contributed by atoms with E-state index in [4.69, 9.17) is 4.74 Å². The van der Waals surface area contributed by atoms with Crippen molar-refractivity contribution in [3.8, 4) is 0 Å². The van der Waals surface area contributed by atoms with Gasteiger partial charge in [0.1, 0.15) is 0 Å². The molecule has 0 aromatic carbocycles. The van der Waals surface area contributed by atoms with E-state index in [0.717, 1.165) is 19.8 Å². The van der Waals surface area contributed by atoms with E-state index < -0.39 is 0 Å². The second kappa shape index (κ2) is 6.90. The van der Waals surface area contributed by atoms with E-state index in [1.807, 2.05) is 0 Å². The molecule has 0 radical (unpaired) electrons. The lowest BCUT2D eigenvalue weighted by molar-refractivity contribution is -0.139. The Morgan fingerprint density at radius 3 is 2.38 bits per heavy atom. The maximum absolute atomic E-state index is 11.1.